The Balaban J connectivity index is 2.71. The average Bonchev–Trinajstić information content (AvgIpc) is 2.41. The number of halogens is 3. The quantitative estimate of drug-likeness (QED) is 0.749. The number of hydrogen-bond acceptors (Lipinski definition) is 3. The van der Waals surface area contributed by atoms with E-state index in [1.165, 1.54) is 19.1 Å². The molecule has 1 amide bonds. The van der Waals surface area contributed by atoms with Crippen LogP contribution in [0.1, 0.15) is 34.3 Å². The van der Waals surface area contributed by atoms with Gasteiger partial charge in [0.15, 0.2) is 0 Å². The van der Waals surface area contributed by atoms with Crippen LogP contribution in [-0.2, 0) is 6.18 Å². The lowest BCUT2D eigenvalue weighted by atomic mass is 10.0. The summed E-state index contributed by atoms with van der Waals surface area (Å²) in [5.74, 6) is -0.566. The molecule has 21 heavy (non-hydrogen) atoms. The summed E-state index contributed by atoms with van der Waals surface area (Å²) < 4.78 is 38.3. The molecule has 0 bridgehead atoms. The van der Waals surface area contributed by atoms with Gasteiger partial charge in [0.1, 0.15) is 0 Å². The average molecular weight is 303 g/mol. The molecule has 1 aromatic rings. The van der Waals surface area contributed by atoms with E-state index in [1.54, 1.807) is 0 Å². The summed E-state index contributed by atoms with van der Waals surface area (Å²) in [7, 11) is 0. The van der Waals surface area contributed by atoms with Gasteiger partial charge in [0.2, 0.25) is 0 Å². The molecule has 0 radical (unpaired) electrons. The molecule has 1 aromatic carbocycles. The third-order valence-corrected chi connectivity index (χ3v) is 3.11. The fraction of sp³-hybridized carbons (Fsp3) is 0.500. The Bertz CT molecular complexity index is 489. The van der Waals surface area contributed by atoms with Gasteiger partial charge in [-0.1, -0.05) is 6.07 Å². The Morgan fingerprint density at radius 1 is 1.38 bits per heavy atom. The molecule has 118 valence electrons. The van der Waals surface area contributed by atoms with E-state index in [9.17, 15) is 18.0 Å². The van der Waals surface area contributed by atoms with E-state index in [0.717, 1.165) is 12.5 Å². The number of nitrogens with one attached hydrogen (secondary N) is 1. The fourth-order valence-corrected chi connectivity index (χ4v) is 1.88. The van der Waals surface area contributed by atoms with Gasteiger partial charge in [-0.2, -0.15) is 13.2 Å². The molecule has 7 heteroatoms. The van der Waals surface area contributed by atoms with Crippen molar-refractivity contribution in [2.75, 3.05) is 13.1 Å². The van der Waals surface area contributed by atoms with Crippen LogP contribution in [0.3, 0.4) is 0 Å². The first-order chi connectivity index (χ1) is 9.75. The zero-order chi connectivity index (χ0) is 16.0. The number of alkyl halides is 3. The number of nitrogens with two attached hydrogens (primary N) is 2. The topological polar surface area (TPSA) is 81.1 Å². The van der Waals surface area contributed by atoms with E-state index in [-0.39, 0.29) is 23.7 Å². The lowest BCUT2D eigenvalue weighted by Gasteiger charge is -2.14. The molecule has 1 rings (SSSR count). The molecule has 4 nitrogen and oxygen atoms in total. The van der Waals surface area contributed by atoms with E-state index < -0.39 is 17.6 Å². The number of hydrogen-bond donors (Lipinski definition) is 3. The van der Waals surface area contributed by atoms with Crippen LogP contribution in [0.4, 0.5) is 13.2 Å². The largest absolute Gasteiger partial charge is 0.416 e. The Morgan fingerprint density at radius 3 is 2.62 bits per heavy atom. The highest BCUT2D eigenvalue weighted by atomic mass is 19.4. The van der Waals surface area contributed by atoms with Gasteiger partial charge in [-0.3, -0.25) is 4.79 Å². The molecule has 0 aromatic heterocycles. The van der Waals surface area contributed by atoms with Gasteiger partial charge in [-0.15, -0.1) is 0 Å². The van der Waals surface area contributed by atoms with E-state index in [2.05, 4.69) is 5.32 Å². The molecule has 0 saturated heterocycles. The molecule has 0 aliphatic rings. The van der Waals surface area contributed by atoms with Crippen LogP contribution in [0.2, 0.25) is 0 Å². The van der Waals surface area contributed by atoms with E-state index in [4.69, 9.17) is 11.5 Å². The van der Waals surface area contributed by atoms with Crippen molar-refractivity contribution in [3.8, 4) is 0 Å². The highest BCUT2D eigenvalue weighted by Crippen LogP contribution is 2.32. The lowest BCUT2D eigenvalue weighted by Crippen LogP contribution is -2.37. The molecule has 1 atom stereocenters. The predicted octanol–water partition coefficient (Wildman–Crippen LogP) is 1.81. The summed E-state index contributed by atoms with van der Waals surface area (Å²) in [5, 5.41) is 2.53. The third-order valence-electron chi connectivity index (χ3n) is 3.11. The van der Waals surface area contributed by atoms with Gasteiger partial charge in [-0.25, -0.2) is 0 Å². The number of rotatable bonds is 6. The third kappa shape index (κ3) is 5.35. The van der Waals surface area contributed by atoms with Crippen LogP contribution in [0.25, 0.3) is 0 Å². The zero-order valence-electron chi connectivity index (χ0n) is 11.8. The van der Waals surface area contributed by atoms with Crippen molar-refractivity contribution >= 4 is 5.91 Å². The smallest absolute Gasteiger partial charge is 0.350 e. The molecule has 0 unspecified atom stereocenters. The van der Waals surface area contributed by atoms with Gasteiger partial charge in [0.25, 0.3) is 5.91 Å². The number of amides is 1. The lowest BCUT2D eigenvalue weighted by molar-refractivity contribution is -0.138. The minimum Gasteiger partial charge on any atom is -0.350 e. The highest BCUT2D eigenvalue weighted by Gasteiger charge is 2.32. The number of carbonyl (C=O) groups is 1. The summed E-state index contributed by atoms with van der Waals surface area (Å²) in [4.78, 5) is 11.9. The number of carbonyl (C=O) groups excluding carboxylic acids is 1. The molecule has 0 aliphatic carbocycles. The van der Waals surface area contributed by atoms with Crippen molar-refractivity contribution in [1.82, 2.24) is 5.32 Å². The highest BCUT2D eigenvalue weighted by molar-refractivity contribution is 5.94. The Hall–Kier alpha value is -1.60. The number of benzene rings is 1. The van der Waals surface area contributed by atoms with Crippen LogP contribution in [-0.4, -0.2) is 25.0 Å². The Morgan fingerprint density at radius 2 is 2.05 bits per heavy atom. The normalized spacial score (nSPS) is 13.0. The van der Waals surface area contributed by atoms with Gasteiger partial charge < -0.3 is 16.8 Å². The maximum absolute atomic E-state index is 12.8. The van der Waals surface area contributed by atoms with Gasteiger partial charge in [0.05, 0.1) is 5.56 Å². The molecule has 0 fully saturated rings. The van der Waals surface area contributed by atoms with Crippen molar-refractivity contribution in [2.24, 2.45) is 11.5 Å². The van der Waals surface area contributed by atoms with Gasteiger partial charge >= 0.3 is 6.18 Å². The SMILES string of the molecule is Cc1ccc(C(=O)NC[C@@H](N)CCCN)cc1C(F)(F)F. The molecular formula is C14H20F3N3O. The monoisotopic (exact) mass is 303 g/mol. The summed E-state index contributed by atoms with van der Waals surface area (Å²) in [6, 6.07) is 3.25. The molecule has 0 saturated carbocycles. The molecular weight excluding hydrogens is 283 g/mol. The molecule has 0 aliphatic heterocycles. The van der Waals surface area contributed by atoms with Crippen molar-refractivity contribution in [3.05, 3.63) is 34.9 Å². The molecule has 0 spiro atoms. The summed E-state index contributed by atoms with van der Waals surface area (Å²) in [6.07, 6.45) is -3.09. The van der Waals surface area contributed by atoms with Gasteiger partial charge in [-0.05, 0) is 44.0 Å². The first-order valence-corrected chi connectivity index (χ1v) is 6.67. The van der Waals surface area contributed by atoms with Crippen LogP contribution >= 0.6 is 0 Å². The van der Waals surface area contributed by atoms with Crippen molar-refractivity contribution in [3.63, 3.8) is 0 Å². The van der Waals surface area contributed by atoms with E-state index in [1.807, 2.05) is 0 Å². The van der Waals surface area contributed by atoms with Crippen LogP contribution < -0.4 is 16.8 Å². The minimum atomic E-state index is -4.47. The van der Waals surface area contributed by atoms with E-state index in [0.29, 0.717) is 13.0 Å². The second kappa shape index (κ2) is 7.42. The Kier molecular flexibility index (Phi) is 6.17. The number of aryl methyl sites for hydroxylation is 1. The zero-order valence-corrected chi connectivity index (χ0v) is 11.8. The standard InChI is InChI=1S/C14H20F3N3O/c1-9-4-5-10(7-12(9)14(15,16)17)13(21)20-8-11(19)3-2-6-18/h4-5,7,11H,2-3,6,8,18-19H2,1H3,(H,20,21)/t11-/m0/s1. The van der Waals surface area contributed by atoms with Crippen molar-refractivity contribution < 1.29 is 18.0 Å². The van der Waals surface area contributed by atoms with Crippen LogP contribution in [0, 0.1) is 6.92 Å². The van der Waals surface area contributed by atoms with Crippen LogP contribution in [0.15, 0.2) is 18.2 Å². The maximum Gasteiger partial charge on any atom is 0.416 e. The summed E-state index contributed by atoms with van der Waals surface area (Å²) >= 11 is 0. The Labute approximate surface area is 121 Å². The summed E-state index contributed by atoms with van der Waals surface area (Å²) in [6.45, 7) is 2.07. The van der Waals surface area contributed by atoms with Gasteiger partial charge in [0, 0.05) is 18.2 Å². The first-order valence-electron chi connectivity index (χ1n) is 6.67. The predicted molar refractivity (Wildman–Crippen MR) is 74.8 cm³/mol. The second-order valence-corrected chi connectivity index (χ2v) is 4.93. The van der Waals surface area contributed by atoms with E-state index >= 15 is 0 Å². The van der Waals surface area contributed by atoms with Crippen molar-refractivity contribution in [1.29, 1.82) is 0 Å². The minimum absolute atomic E-state index is 0.0288. The van der Waals surface area contributed by atoms with Crippen molar-refractivity contribution in [2.45, 2.75) is 32.0 Å². The molecule has 0 heterocycles. The molecule has 5 N–H and O–H groups in total. The van der Waals surface area contributed by atoms with Crippen LogP contribution in [0.5, 0.6) is 0 Å². The second-order valence-electron chi connectivity index (χ2n) is 4.93. The first kappa shape index (κ1) is 17.5. The fourth-order valence-electron chi connectivity index (χ4n) is 1.88. The maximum atomic E-state index is 12.8. The summed E-state index contributed by atoms with van der Waals surface area (Å²) in [5.41, 5.74) is 10.4.